The minimum absolute atomic E-state index is 0.0247. The second kappa shape index (κ2) is 9.29. The van der Waals surface area contributed by atoms with E-state index in [1.54, 1.807) is 4.57 Å². The predicted molar refractivity (Wildman–Crippen MR) is 112 cm³/mol. The van der Waals surface area contributed by atoms with Gasteiger partial charge < -0.3 is 10.1 Å². The third-order valence-corrected chi connectivity index (χ3v) is 4.78. The van der Waals surface area contributed by atoms with Crippen LogP contribution in [0.3, 0.4) is 0 Å². The van der Waals surface area contributed by atoms with Crippen LogP contribution in [0.15, 0.2) is 54.6 Å². The highest BCUT2D eigenvalue weighted by molar-refractivity contribution is 7.71. The largest absolute Gasteiger partial charge is 0.469 e. The van der Waals surface area contributed by atoms with Gasteiger partial charge in [-0.15, -0.1) is 0 Å². The van der Waals surface area contributed by atoms with E-state index in [4.69, 9.17) is 17.0 Å². The van der Waals surface area contributed by atoms with Crippen molar-refractivity contribution in [2.75, 3.05) is 7.11 Å². The molecule has 3 rings (SSSR count). The molecule has 1 aromatic heterocycles. The smallest absolute Gasteiger partial charge is 0.307 e. The van der Waals surface area contributed by atoms with Crippen LogP contribution < -0.4 is 5.32 Å². The number of hydrogen-bond donors (Lipinski definition) is 2. The summed E-state index contributed by atoms with van der Waals surface area (Å²) in [6.45, 7) is 1.96. The molecule has 0 saturated carbocycles. The Morgan fingerprint density at radius 3 is 2.66 bits per heavy atom. The van der Waals surface area contributed by atoms with E-state index in [1.807, 2.05) is 61.5 Å². The van der Waals surface area contributed by atoms with E-state index in [1.165, 1.54) is 7.11 Å². The van der Waals surface area contributed by atoms with Crippen molar-refractivity contribution in [2.24, 2.45) is 0 Å². The van der Waals surface area contributed by atoms with Crippen LogP contribution in [-0.2, 0) is 20.9 Å². The molecule has 0 aliphatic carbocycles. The van der Waals surface area contributed by atoms with E-state index < -0.39 is 12.0 Å². The summed E-state index contributed by atoms with van der Waals surface area (Å²) < 4.78 is 6.76. The molecule has 0 aliphatic rings. The number of H-pyrrole nitrogens is 1. The number of aromatic amines is 1. The Bertz CT molecular complexity index is 1060. The number of nitrogens with one attached hydrogen (secondary N) is 2. The number of aromatic nitrogens is 3. The highest BCUT2D eigenvalue weighted by Gasteiger charge is 2.20. The van der Waals surface area contributed by atoms with Gasteiger partial charge in [-0.2, -0.15) is 5.10 Å². The van der Waals surface area contributed by atoms with Crippen molar-refractivity contribution in [1.82, 2.24) is 20.1 Å². The van der Waals surface area contributed by atoms with Gasteiger partial charge >= 0.3 is 5.97 Å². The summed E-state index contributed by atoms with van der Waals surface area (Å²) >= 11 is 5.31. The molecule has 0 spiro atoms. The lowest BCUT2D eigenvalue weighted by Crippen LogP contribution is -2.33. The first-order chi connectivity index (χ1) is 14.0. The van der Waals surface area contributed by atoms with Crippen LogP contribution in [0.1, 0.15) is 23.6 Å². The molecule has 150 valence electrons. The van der Waals surface area contributed by atoms with Gasteiger partial charge in [0.25, 0.3) is 0 Å². The zero-order chi connectivity index (χ0) is 20.8. The monoisotopic (exact) mass is 410 g/mol. The maximum absolute atomic E-state index is 12.8. The van der Waals surface area contributed by atoms with Crippen LogP contribution in [0.4, 0.5) is 0 Å². The number of esters is 1. The van der Waals surface area contributed by atoms with E-state index in [0.29, 0.717) is 10.6 Å². The molecule has 2 aromatic carbocycles. The van der Waals surface area contributed by atoms with E-state index >= 15 is 0 Å². The lowest BCUT2D eigenvalue weighted by molar-refractivity contribution is -0.141. The van der Waals surface area contributed by atoms with Gasteiger partial charge in [0.1, 0.15) is 6.54 Å². The molecule has 0 fully saturated rings. The molecule has 1 atom stereocenters. The lowest BCUT2D eigenvalue weighted by atomic mass is 10.0. The molecular formula is C21H22N4O3S. The van der Waals surface area contributed by atoms with Crippen LogP contribution in [0.5, 0.6) is 0 Å². The van der Waals surface area contributed by atoms with Crippen molar-refractivity contribution >= 4 is 24.1 Å². The van der Waals surface area contributed by atoms with Crippen molar-refractivity contribution in [2.45, 2.75) is 25.9 Å². The number of carbonyl (C=O) groups is 2. The number of benzene rings is 2. The van der Waals surface area contributed by atoms with Gasteiger partial charge in [-0.1, -0.05) is 54.1 Å². The summed E-state index contributed by atoms with van der Waals surface area (Å²) in [5, 5.41) is 9.92. The van der Waals surface area contributed by atoms with E-state index in [0.717, 1.165) is 16.7 Å². The summed E-state index contributed by atoms with van der Waals surface area (Å²) in [5.74, 6) is -0.105. The second-order valence-electron chi connectivity index (χ2n) is 6.62. The fourth-order valence-electron chi connectivity index (χ4n) is 3.04. The fraction of sp³-hybridized carbons (Fsp3) is 0.238. The Morgan fingerprint density at radius 1 is 1.21 bits per heavy atom. The van der Waals surface area contributed by atoms with Gasteiger partial charge in [0.05, 0.1) is 19.6 Å². The highest BCUT2D eigenvalue weighted by Crippen LogP contribution is 2.20. The molecular weight excluding hydrogens is 388 g/mol. The fourth-order valence-corrected chi connectivity index (χ4v) is 3.24. The number of amides is 1. The van der Waals surface area contributed by atoms with Gasteiger partial charge in [-0.25, -0.2) is 0 Å². The Labute approximate surface area is 173 Å². The minimum Gasteiger partial charge on any atom is -0.469 e. The van der Waals surface area contributed by atoms with Gasteiger partial charge in [-0.05, 0) is 30.8 Å². The Morgan fingerprint density at radius 2 is 1.97 bits per heavy atom. The SMILES string of the molecule is COC(=O)CC(NC(=O)Cn1c(-c2cccc(C)c2)n[nH]c1=S)c1ccccc1. The molecule has 3 aromatic rings. The van der Waals surface area contributed by atoms with Gasteiger partial charge in [0, 0.05) is 5.56 Å². The summed E-state index contributed by atoms with van der Waals surface area (Å²) in [4.78, 5) is 24.6. The van der Waals surface area contributed by atoms with Gasteiger partial charge in [0.2, 0.25) is 5.91 Å². The topological polar surface area (TPSA) is 89.0 Å². The quantitative estimate of drug-likeness (QED) is 0.461. The standard InChI is InChI=1S/C21H22N4O3S/c1-14-7-6-10-16(11-14)20-23-24-21(29)25(20)13-18(26)22-17(12-19(27)28-2)15-8-4-3-5-9-15/h3-11,17H,12-13H2,1-2H3,(H,22,26)(H,24,29). The third-order valence-electron chi connectivity index (χ3n) is 4.47. The molecule has 2 N–H and O–H groups in total. The summed E-state index contributed by atoms with van der Waals surface area (Å²) in [5.41, 5.74) is 2.76. The van der Waals surface area contributed by atoms with Crippen LogP contribution in [-0.4, -0.2) is 33.8 Å². The number of nitrogens with zero attached hydrogens (tertiary/aromatic N) is 2. The Kier molecular flexibility index (Phi) is 6.56. The molecule has 8 heteroatoms. The van der Waals surface area contributed by atoms with Crippen LogP contribution in [0, 0.1) is 11.7 Å². The third kappa shape index (κ3) is 5.17. The summed E-state index contributed by atoms with van der Waals surface area (Å²) in [7, 11) is 1.32. The second-order valence-corrected chi connectivity index (χ2v) is 7.01. The van der Waals surface area contributed by atoms with Crippen molar-refractivity contribution in [3.05, 3.63) is 70.5 Å². The van der Waals surface area contributed by atoms with Crippen LogP contribution in [0.25, 0.3) is 11.4 Å². The zero-order valence-electron chi connectivity index (χ0n) is 16.2. The Hall–Kier alpha value is -3.26. The number of ether oxygens (including phenoxy) is 1. The van der Waals surface area contributed by atoms with E-state index in [2.05, 4.69) is 15.5 Å². The minimum atomic E-state index is -0.500. The van der Waals surface area contributed by atoms with Crippen LogP contribution >= 0.6 is 12.2 Å². The first-order valence-electron chi connectivity index (χ1n) is 9.11. The lowest BCUT2D eigenvalue weighted by Gasteiger charge is -2.18. The van der Waals surface area contributed by atoms with Crippen molar-refractivity contribution in [1.29, 1.82) is 0 Å². The maximum Gasteiger partial charge on any atom is 0.307 e. The number of hydrogen-bond acceptors (Lipinski definition) is 5. The van der Waals surface area contributed by atoms with Crippen molar-refractivity contribution in [3.8, 4) is 11.4 Å². The zero-order valence-corrected chi connectivity index (χ0v) is 17.0. The maximum atomic E-state index is 12.8. The molecule has 0 bridgehead atoms. The molecule has 7 nitrogen and oxygen atoms in total. The first kappa shape index (κ1) is 20.5. The molecule has 29 heavy (non-hydrogen) atoms. The average Bonchev–Trinajstić information content (AvgIpc) is 3.08. The van der Waals surface area contributed by atoms with Crippen LogP contribution in [0.2, 0.25) is 0 Å². The molecule has 0 saturated heterocycles. The summed E-state index contributed by atoms with van der Waals surface area (Å²) in [6, 6.07) is 16.6. The molecule has 1 amide bonds. The normalized spacial score (nSPS) is 11.7. The van der Waals surface area contributed by atoms with Gasteiger partial charge in [-0.3, -0.25) is 19.3 Å². The highest BCUT2D eigenvalue weighted by atomic mass is 32.1. The van der Waals surface area contributed by atoms with Gasteiger partial charge in [0.15, 0.2) is 10.6 Å². The number of carbonyl (C=O) groups excluding carboxylic acids is 2. The molecule has 1 heterocycles. The predicted octanol–water partition coefficient (Wildman–Crippen LogP) is 3.34. The van der Waals surface area contributed by atoms with Crippen molar-refractivity contribution < 1.29 is 14.3 Å². The molecule has 0 radical (unpaired) electrons. The first-order valence-corrected chi connectivity index (χ1v) is 9.52. The van der Waals surface area contributed by atoms with E-state index in [-0.39, 0.29) is 18.9 Å². The average molecular weight is 410 g/mol. The molecule has 0 aliphatic heterocycles. The van der Waals surface area contributed by atoms with E-state index in [9.17, 15) is 9.59 Å². The Balaban J connectivity index is 1.81. The number of methoxy groups -OCH3 is 1. The molecule has 1 unspecified atom stereocenters. The van der Waals surface area contributed by atoms with Crippen molar-refractivity contribution in [3.63, 3.8) is 0 Å². The summed E-state index contributed by atoms with van der Waals surface area (Å²) in [6.07, 6.45) is 0.0355. The number of aryl methyl sites for hydroxylation is 1. The number of rotatable bonds is 7.